The number of benzene rings is 1. The topological polar surface area (TPSA) is 12.0 Å². The molecular weight excluding hydrogens is 269 g/mol. The Hall–Kier alpha value is -0.250. The van der Waals surface area contributed by atoms with Gasteiger partial charge in [0.25, 0.3) is 0 Å². The first-order valence-electron chi connectivity index (χ1n) is 6.49. The normalized spacial score (nSPS) is 23.5. The number of rotatable bonds is 5. The van der Waals surface area contributed by atoms with E-state index in [1.165, 1.54) is 25.3 Å². The van der Waals surface area contributed by atoms with Crippen molar-refractivity contribution in [2.24, 2.45) is 0 Å². The number of halogens is 2. The highest BCUT2D eigenvalue weighted by Gasteiger charge is 2.26. The summed E-state index contributed by atoms with van der Waals surface area (Å²) in [5, 5.41) is 4.72. The predicted molar refractivity (Wildman–Crippen MR) is 77.8 cm³/mol. The van der Waals surface area contributed by atoms with Crippen LogP contribution in [0.1, 0.15) is 31.7 Å². The van der Waals surface area contributed by atoms with Crippen molar-refractivity contribution < 1.29 is 4.39 Å². The maximum atomic E-state index is 13.2. The fourth-order valence-corrected chi connectivity index (χ4v) is 4.01. The Bertz CT molecular complexity index is 379. The Kier molecular flexibility index (Phi) is 5.34. The van der Waals surface area contributed by atoms with Crippen LogP contribution < -0.4 is 5.32 Å². The van der Waals surface area contributed by atoms with E-state index in [-0.39, 0.29) is 5.82 Å². The van der Waals surface area contributed by atoms with Crippen molar-refractivity contribution in [1.82, 2.24) is 5.32 Å². The zero-order chi connectivity index (χ0) is 13.0. The molecule has 0 heterocycles. The van der Waals surface area contributed by atoms with Crippen molar-refractivity contribution in [2.75, 3.05) is 5.75 Å². The summed E-state index contributed by atoms with van der Waals surface area (Å²) in [6, 6.07) is 5.28. The van der Waals surface area contributed by atoms with E-state index in [0.717, 1.165) is 11.3 Å². The van der Waals surface area contributed by atoms with Gasteiger partial charge in [0.15, 0.2) is 0 Å². The van der Waals surface area contributed by atoms with Gasteiger partial charge in [-0.3, -0.25) is 0 Å². The molecule has 1 fully saturated rings. The summed E-state index contributed by atoms with van der Waals surface area (Å²) in [5.74, 6) is 0.902. The Labute approximate surface area is 117 Å². The monoisotopic (exact) mass is 287 g/mol. The van der Waals surface area contributed by atoms with Crippen molar-refractivity contribution in [3.8, 4) is 0 Å². The molecule has 0 radical (unpaired) electrons. The average Bonchev–Trinajstić information content (AvgIpc) is 2.73. The second-order valence-corrected chi connectivity index (χ2v) is 6.64. The van der Waals surface area contributed by atoms with E-state index in [9.17, 15) is 4.39 Å². The molecule has 1 aromatic carbocycles. The Balaban J connectivity index is 1.90. The van der Waals surface area contributed by atoms with Gasteiger partial charge < -0.3 is 5.32 Å². The van der Waals surface area contributed by atoms with Gasteiger partial charge in [0, 0.05) is 22.9 Å². The zero-order valence-corrected chi connectivity index (χ0v) is 12.2. The van der Waals surface area contributed by atoms with Crippen LogP contribution in [0.5, 0.6) is 0 Å². The molecule has 0 bridgehead atoms. The van der Waals surface area contributed by atoms with Crippen LogP contribution in [0.4, 0.5) is 4.39 Å². The molecule has 4 heteroatoms. The average molecular weight is 288 g/mol. The van der Waals surface area contributed by atoms with Gasteiger partial charge in [-0.2, -0.15) is 11.8 Å². The van der Waals surface area contributed by atoms with Gasteiger partial charge in [-0.15, -0.1) is 0 Å². The van der Waals surface area contributed by atoms with Gasteiger partial charge >= 0.3 is 0 Å². The van der Waals surface area contributed by atoms with E-state index in [2.05, 4.69) is 12.2 Å². The lowest BCUT2D eigenvalue weighted by Crippen LogP contribution is -2.33. The molecule has 1 nitrogen and oxygen atoms in total. The highest BCUT2D eigenvalue weighted by Crippen LogP contribution is 2.30. The third kappa shape index (κ3) is 3.87. The molecule has 2 rings (SSSR count). The van der Waals surface area contributed by atoms with Gasteiger partial charge in [-0.05, 0) is 42.4 Å². The first-order chi connectivity index (χ1) is 8.69. The zero-order valence-electron chi connectivity index (χ0n) is 10.6. The van der Waals surface area contributed by atoms with Crippen LogP contribution in [0, 0.1) is 5.82 Å². The lowest BCUT2D eigenvalue weighted by Gasteiger charge is -2.20. The minimum absolute atomic E-state index is 0.259. The molecule has 2 atom stereocenters. The molecule has 1 aromatic rings. The van der Waals surface area contributed by atoms with Crippen molar-refractivity contribution >= 4 is 23.4 Å². The molecule has 0 amide bonds. The maximum Gasteiger partial charge on any atom is 0.125 e. The van der Waals surface area contributed by atoms with E-state index in [1.54, 1.807) is 6.07 Å². The summed E-state index contributed by atoms with van der Waals surface area (Å²) < 4.78 is 13.2. The Morgan fingerprint density at radius 3 is 2.94 bits per heavy atom. The van der Waals surface area contributed by atoms with Gasteiger partial charge in [-0.25, -0.2) is 4.39 Å². The molecule has 100 valence electrons. The molecule has 0 aromatic heterocycles. The molecule has 0 aliphatic heterocycles. The third-order valence-electron chi connectivity index (χ3n) is 3.32. The highest BCUT2D eigenvalue weighted by atomic mass is 35.5. The minimum Gasteiger partial charge on any atom is -0.309 e. The van der Waals surface area contributed by atoms with Crippen molar-refractivity contribution in [1.29, 1.82) is 0 Å². The van der Waals surface area contributed by atoms with Gasteiger partial charge in [0.05, 0.1) is 0 Å². The van der Waals surface area contributed by atoms with Gasteiger partial charge in [-0.1, -0.05) is 24.9 Å². The van der Waals surface area contributed by atoms with Crippen LogP contribution in [0.3, 0.4) is 0 Å². The second-order valence-electron chi connectivity index (χ2n) is 4.69. The van der Waals surface area contributed by atoms with E-state index >= 15 is 0 Å². The van der Waals surface area contributed by atoms with E-state index in [1.807, 2.05) is 17.8 Å². The van der Waals surface area contributed by atoms with Crippen molar-refractivity contribution in [3.05, 3.63) is 34.6 Å². The van der Waals surface area contributed by atoms with Crippen LogP contribution in [-0.4, -0.2) is 17.0 Å². The predicted octanol–water partition coefficient (Wildman–Crippen LogP) is 4.24. The van der Waals surface area contributed by atoms with E-state index < -0.39 is 0 Å². The lowest BCUT2D eigenvalue weighted by molar-refractivity contribution is 0.530. The third-order valence-corrected chi connectivity index (χ3v) is 4.87. The minimum atomic E-state index is -0.259. The largest absolute Gasteiger partial charge is 0.309 e. The fraction of sp³-hybridized carbons (Fsp3) is 0.571. The number of hydrogen-bond donors (Lipinski definition) is 1. The lowest BCUT2D eigenvalue weighted by atomic mass is 10.2. The molecule has 18 heavy (non-hydrogen) atoms. The van der Waals surface area contributed by atoms with Crippen LogP contribution in [0.25, 0.3) is 0 Å². The Morgan fingerprint density at radius 2 is 2.22 bits per heavy atom. The highest BCUT2D eigenvalue weighted by molar-refractivity contribution is 7.99. The standard InChI is InChI=1S/C14H19ClFNS/c1-2-18-14-5-3-4-13(14)17-9-10-6-11(15)8-12(16)7-10/h6-8,13-14,17H,2-5,9H2,1H3. The molecular formula is C14H19ClFNS. The van der Waals surface area contributed by atoms with Crippen molar-refractivity contribution in [2.45, 2.75) is 44.0 Å². The summed E-state index contributed by atoms with van der Waals surface area (Å²) >= 11 is 7.88. The summed E-state index contributed by atoms with van der Waals surface area (Å²) in [6.07, 6.45) is 3.81. The molecule has 1 aliphatic rings. The SMILES string of the molecule is CCSC1CCCC1NCc1cc(F)cc(Cl)c1. The number of hydrogen-bond acceptors (Lipinski definition) is 2. The summed E-state index contributed by atoms with van der Waals surface area (Å²) in [7, 11) is 0. The molecule has 1 saturated carbocycles. The maximum absolute atomic E-state index is 13.2. The second kappa shape index (κ2) is 6.78. The first-order valence-corrected chi connectivity index (χ1v) is 7.91. The fourth-order valence-electron chi connectivity index (χ4n) is 2.54. The summed E-state index contributed by atoms with van der Waals surface area (Å²) in [4.78, 5) is 0. The van der Waals surface area contributed by atoms with Crippen LogP contribution in [-0.2, 0) is 6.54 Å². The molecule has 0 saturated heterocycles. The number of thioether (sulfide) groups is 1. The summed E-state index contributed by atoms with van der Waals surface area (Å²) in [6.45, 7) is 2.90. The molecule has 1 N–H and O–H groups in total. The quantitative estimate of drug-likeness (QED) is 0.869. The Morgan fingerprint density at radius 1 is 1.39 bits per heavy atom. The molecule has 0 spiro atoms. The molecule has 2 unspecified atom stereocenters. The van der Waals surface area contributed by atoms with E-state index in [4.69, 9.17) is 11.6 Å². The van der Waals surface area contributed by atoms with Crippen LogP contribution in [0.15, 0.2) is 18.2 Å². The van der Waals surface area contributed by atoms with E-state index in [0.29, 0.717) is 22.9 Å². The molecule has 1 aliphatic carbocycles. The van der Waals surface area contributed by atoms with Gasteiger partial charge in [0.2, 0.25) is 0 Å². The first kappa shape index (κ1) is 14.2. The van der Waals surface area contributed by atoms with Crippen LogP contribution >= 0.6 is 23.4 Å². The number of nitrogens with one attached hydrogen (secondary N) is 1. The van der Waals surface area contributed by atoms with Crippen LogP contribution in [0.2, 0.25) is 5.02 Å². The summed E-state index contributed by atoms with van der Waals surface area (Å²) in [5.41, 5.74) is 0.923. The van der Waals surface area contributed by atoms with Gasteiger partial charge in [0.1, 0.15) is 5.82 Å². The van der Waals surface area contributed by atoms with Crippen molar-refractivity contribution in [3.63, 3.8) is 0 Å². The smallest absolute Gasteiger partial charge is 0.125 e.